The largest absolute Gasteiger partial charge is 0.377 e. The highest BCUT2D eigenvalue weighted by atomic mass is 19.1. The molecule has 1 aromatic carbocycles. The fourth-order valence-corrected chi connectivity index (χ4v) is 1.71. The van der Waals surface area contributed by atoms with E-state index in [0.29, 0.717) is 19.6 Å². The number of benzene rings is 1. The van der Waals surface area contributed by atoms with Crippen molar-refractivity contribution in [2.75, 3.05) is 13.2 Å². The van der Waals surface area contributed by atoms with Crippen LogP contribution in [0.3, 0.4) is 0 Å². The van der Waals surface area contributed by atoms with Gasteiger partial charge in [0.2, 0.25) is 5.91 Å². The molecule has 0 radical (unpaired) electrons. The smallest absolute Gasteiger partial charge is 0.223 e. The van der Waals surface area contributed by atoms with E-state index in [0.717, 1.165) is 5.56 Å². The Labute approximate surface area is 114 Å². The van der Waals surface area contributed by atoms with Gasteiger partial charge in [-0.3, -0.25) is 4.79 Å². The first-order valence-corrected chi connectivity index (χ1v) is 6.62. The zero-order valence-corrected chi connectivity index (χ0v) is 11.8. The van der Waals surface area contributed by atoms with Crippen LogP contribution in [0.1, 0.15) is 26.3 Å². The minimum Gasteiger partial charge on any atom is -0.377 e. The molecule has 0 aliphatic carbocycles. The van der Waals surface area contributed by atoms with Crippen LogP contribution >= 0.6 is 0 Å². The highest BCUT2D eigenvalue weighted by Gasteiger charge is 2.13. The maximum absolute atomic E-state index is 12.8. The van der Waals surface area contributed by atoms with Crippen LogP contribution in [0.25, 0.3) is 0 Å². The standard InChI is InChI=1S/C15H22FNO2/c1-11(2)19-9-8-17-15(18)12(3)10-13-4-6-14(16)7-5-13/h4-7,11-12H,8-10H2,1-3H3,(H,17,18). The van der Waals surface area contributed by atoms with Gasteiger partial charge in [0.25, 0.3) is 0 Å². The van der Waals surface area contributed by atoms with E-state index < -0.39 is 0 Å². The second kappa shape index (κ2) is 7.89. The predicted octanol–water partition coefficient (Wildman–Crippen LogP) is 2.55. The topological polar surface area (TPSA) is 38.3 Å². The molecule has 0 spiro atoms. The maximum Gasteiger partial charge on any atom is 0.223 e. The lowest BCUT2D eigenvalue weighted by Gasteiger charge is -2.13. The molecule has 0 bridgehead atoms. The van der Waals surface area contributed by atoms with Gasteiger partial charge in [-0.1, -0.05) is 19.1 Å². The van der Waals surface area contributed by atoms with Crippen molar-refractivity contribution in [1.29, 1.82) is 0 Å². The van der Waals surface area contributed by atoms with Crippen molar-refractivity contribution in [2.45, 2.75) is 33.3 Å². The molecule has 1 atom stereocenters. The second-order valence-electron chi connectivity index (χ2n) is 4.94. The summed E-state index contributed by atoms with van der Waals surface area (Å²) in [6.45, 7) is 6.82. The van der Waals surface area contributed by atoms with Gasteiger partial charge in [-0.25, -0.2) is 4.39 Å². The van der Waals surface area contributed by atoms with Gasteiger partial charge in [0, 0.05) is 12.5 Å². The Hall–Kier alpha value is -1.42. The minimum atomic E-state index is -0.258. The summed E-state index contributed by atoms with van der Waals surface area (Å²) in [6.07, 6.45) is 0.783. The molecule has 1 amide bonds. The highest BCUT2D eigenvalue weighted by molar-refractivity contribution is 5.78. The molecule has 0 saturated heterocycles. The van der Waals surface area contributed by atoms with Gasteiger partial charge in [0.15, 0.2) is 0 Å². The van der Waals surface area contributed by atoms with Crippen molar-refractivity contribution in [3.63, 3.8) is 0 Å². The number of hydrogen-bond donors (Lipinski definition) is 1. The quantitative estimate of drug-likeness (QED) is 0.771. The fourth-order valence-electron chi connectivity index (χ4n) is 1.71. The molecule has 0 saturated carbocycles. The summed E-state index contributed by atoms with van der Waals surface area (Å²) in [7, 11) is 0. The summed E-state index contributed by atoms with van der Waals surface area (Å²) in [5.74, 6) is -0.395. The van der Waals surface area contributed by atoms with Gasteiger partial charge >= 0.3 is 0 Å². The van der Waals surface area contributed by atoms with Crippen LogP contribution < -0.4 is 5.32 Å². The first kappa shape index (κ1) is 15.6. The van der Waals surface area contributed by atoms with Crippen LogP contribution in [0, 0.1) is 11.7 Å². The van der Waals surface area contributed by atoms with Crippen LogP contribution in [-0.2, 0) is 16.0 Å². The van der Waals surface area contributed by atoms with Gasteiger partial charge in [-0.15, -0.1) is 0 Å². The van der Waals surface area contributed by atoms with Crippen molar-refractivity contribution >= 4 is 5.91 Å². The Morgan fingerprint density at radius 2 is 1.89 bits per heavy atom. The first-order valence-electron chi connectivity index (χ1n) is 6.62. The number of hydrogen-bond acceptors (Lipinski definition) is 2. The average Bonchev–Trinajstić information content (AvgIpc) is 2.36. The van der Waals surface area contributed by atoms with Crippen molar-refractivity contribution in [3.05, 3.63) is 35.6 Å². The van der Waals surface area contributed by atoms with Crippen molar-refractivity contribution in [1.82, 2.24) is 5.32 Å². The Bertz CT molecular complexity index is 390. The molecule has 0 aliphatic heterocycles. The van der Waals surface area contributed by atoms with E-state index in [4.69, 9.17) is 4.74 Å². The van der Waals surface area contributed by atoms with E-state index in [1.54, 1.807) is 12.1 Å². The summed E-state index contributed by atoms with van der Waals surface area (Å²) in [5.41, 5.74) is 0.961. The molecule has 1 aromatic rings. The molecule has 1 N–H and O–H groups in total. The van der Waals surface area contributed by atoms with E-state index in [9.17, 15) is 9.18 Å². The number of ether oxygens (including phenoxy) is 1. The molecule has 1 unspecified atom stereocenters. The molecular weight excluding hydrogens is 245 g/mol. The second-order valence-corrected chi connectivity index (χ2v) is 4.94. The van der Waals surface area contributed by atoms with Gasteiger partial charge in [-0.05, 0) is 38.0 Å². The molecule has 0 aromatic heterocycles. The van der Waals surface area contributed by atoms with Crippen molar-refractivity contribution in [3.8, 4) is 0 Å². The molecule has 3 nitrogen and oxygen atoms in total. The first-order chi connectivity index (χ1) is 8.99. The van der Waals surface area contributed by atoms with Gasteiger partial charge in [-0.2, -0.15) is 0 Å². The van der Waals surface area contributed by atoms with Crippen molar-refractivity contribution < 1.29 is 13.9 Å². The number of halogens is 1. The zero-order valence-electron chi connectivity index (χ0n) is 11.8. The van der Waals surface area contributed by atoms with E-state index in [1.807, 2.05) is 20.8 Å². The Morgan fingerprint density at radius 3 is 2.47 bits per heavy atom. The summed E-state index contributed by atoms with van der Waals surface area (Å²) in [5, 5.41) is 2.83. The summed E-state index contributed by atoms with van der Waals surface area (Å²) in [6, 6.07) is 6.24. The monoisotopic (exact) mass is 267 g/mol. The Morgan fingerprint density at radius 1 is 1.26 bits per heavy atom. The third-order valence-electron chi connectivity index (χ3n) is 2.76. The number of amides is 1. The molecule has 0 aliphatic rings. The number of rotatable bonds is 7. The van der Waals surface area contributed by atoms with E-state index >= 15 is 0 Å². The lowest BCUT2D eigenvalue weighted by Crippen LogP contribution is -2.33. The van der Waals surface area contributed by atoms with Gasteiger partial charge in [0.05, 0.1) is 12.7 Å². The lowest BCUT2D eigenvalue weighted by atomic mass is 10.0. The maximum atomic E-state index is 12.8. The summed E-state index contributed by atoms with van der Waals surface area (Å²) < 4.78 is 18.1. The third kappa shape index (κ3) is 6.34. The lowest BCUT2D eigenvalue weighted by molar-refractivity contribution is -0.124. The van der Waals surface area contributed by atoms with Gasteiger partial charge < -0.3 is 10.1 Å². The average molecular weight is 267 g/mol. The summed E-state index contributed by atoms with van der Waals surface area (Å²) in [4.78, 5) is 11.8. The third-order valence-corrected chi connectivity index (χ3v) is 2.76. The van der Waals surface area contributed by atoms with Crippen LogP contribution in [-0.4, -0.2) is 25.2 Å². The fraction of sp³-hybridized carbons (Fsp3) is 0.533. The van der Waals surface area contributed by atoms with Crippen molar-refractivity contribution in [2.24, 2.45) is 5.92 Å². The number of carbonyl (C=O) groups is 1. The SMILES string of the molecule is CC(C)OCCNC(=O)C(C)Cc1ccc(F)cc1. The van der Waals surface area contributed by atoms with Crippen LogP contribution in [0.5, 0.6) is 0 Å². The molecule has 4 heteroatoms. The molecule has 0 fully saturated rings. The van der Waals surface area contributed by atoms with E-state index in [2.05, 4.69) is 5.32 Å². The molecule has 19 heavy (non-hydrogen) atoms. The van der Waals surface area contributed by atoms with E-state index in [-0.39, 0.29) is 23.7 Å². The molecule has 0 heterocycles. The van der Waals surface area contributed by atoms with Gasteiger partial charge in [0.1, 0.15) is 5.82 Å². The number of nitrogens with one attached hydrogen (secondary N) is 1. The molecule has 106 valence electrons. The highest BCUT2D eigenvalue weighted by Crippen LogP contribution is 2.09. The van der Waals surface area contributed by atoms with Crippen LogP contribution in [0.2, 0.25) is 0 Å². The molecule has 1 rings (SSSR count). The Balaban J connectivity index is 2.30. The minimum absolute atomic E-state index is 0.00307. The van der Waals surface area contributed by atoms with Crippen LogP contribution in [0.15, 0.2) is 24.3 Å². The normalized spacial score (nSPS) is 12.5. The Kier molecular flexibility index (Phi) is 6.50. The predicted molar refractivity (Wildman–Crippen MR) is 73.4 cm³/mol. The molecular formula is C15H22FNO2. The number of carbonyl (C=O) groups excluding carboxylic acids is 1. The van der Waals surface area contributed by atoms with Crippen LogP contribution in [0.4, 0.5) is 4.39 Å². The summed E-state index contributed by atoms with van der Waals surface area (Å²) >= 11 is 0. The van der Waals surface area contributed by atoms with E-state index in [1.165, 1.54) is 12.1 Å². The zero-order chi connectivity index (χ0) is 14.3.